The molecule has 0 aromatic heterocycles. The van der Waals surface area contributed by atoms with Gasteiger partial charge in [0, 0.05) is 31.1 Å². The van der Waals surface area contributed by atoms with Crippen molar-refractivity contribution in [2.45, 2.75) is 45.3 Å². The van der Waals surface area contributed by atoms with E-state index in [9.17, 15) is 0 Å². The Hall–Kier alpha value is 0.170. The monoisotopic (exact) mass is 262 g/mol. The first-order valence-electron chi connectivity index (χ1n) is 6.84. The van der Waals surface area contributed by atoms with Crippen molar-refractivity contribution in [1.29, 1.82) is 0 Å². The van der Waals surface area contributed by atoms with Crippen LogP contribution in [0.25, 0.3) is 0 Å². The van der Waals surface area contributed by atoms with E-state index in [1.54, 1.807) is 0 Å². The van der Waals surface area contributed by atoms with E-state index in [0.717, 1.165) is 45.6 Å². The van der Waals surface area contributed by atoms with E-state index in [1.807, 2.05) is 0 Å². The number of ether oxygens (including phenoxy) is 1. The lowest BCUT2D eigenvalue weighted by Gasteiger charge is -2.36. The van der Waals surface area contributed by atoms with Crippen LogP contribution in [0.15, 0.2) is 0 Å². The molecule has 0 aromatic carbocycles. The van der Waals surface area contributed by atoms with Gasteiger partial charge in [0.2, 0.25) is 0 Å². The van der Waals surface area contributed by atoms with Crippen molar-refractivity contribution in [2.24, 2.45) is 0 Å². The molecule has 1 atom stereocenters. The van der Waals surface area contributed by atoms with Gasteiger partial charge in [-0.15, -0.1) is 11.6 Å². The predicted octanol–water partition coefficient (Wildman–Crippen LogP) is 2.09. The Morgan fingerprint density at radius 1 is 1.35 bits per heavy atom. The molecule has 3 nitrogen and oxygen atoms in total. The van der Waals surface area contributed by atoms with E-state index in [-0.39, 0.29) is 5.54 Å². The molecule has 0 saturated carbocycles. The molecule has 1 aliphatic heterocycles. The molecular formula is C13H27ClN2O. The van der Waals surface area contributed by atoms with Crippen molar-refractivity contribution in [3.8, 4) is 0 Å². The minimum Gasteiger partial charge on any atom is -0.374 e. The van der Waals surface area contributed by atoms with Crippen LogP contribution < -0.4 is 5.32 Å². The first-order valence-corrected chi connectivity index (χ1v) is 7.38. The minimum atomic E-state index is 0.0827. The van der Waals surface area contributed by atoms with E-state index in [2.05, 4.69) is 31.0 Å². The zero-order valence-electron chi connectivity index (χ0n) is 11.5. The van der Waals surface area contributed by atoms with Gasteiger partial charge in [0.25, 0.3) is 0 Å². The first kappa shape index (κ1) is 15.2. The summed E-state index contributed by atoms with van der Waals surface area (Å²) in [5, 5.41) is 3.61. The van der Waals surface area contributed by atoms with Crippen LogP contribution in [0.1, 0.15) is 33.6 Å². The third-order valence-electron chi connectivity index (χ3n) is 3.98. The number of alkyl halides is 1. The maximum Gasteiger partial charge on any atom is 0.0826 e. The lowest BCUT2D eigenvalue weighted by molar-refractivity contribution is -0.0284. The Labute approximate surface area is 111 Å². The molecule has 1 heterocycles. The van der Waals surface area contributed by atoms with Gasteiger partial charge in [0.1, 0.15) is 0 Å². The summed E-state index contributed by atoms with van der Waals surface area (Å²) in [4.78, 5) is 2.44. The number of hydrogen-bond donors (Lipinski definition) is 1. The molecule has 1 fully saturated rings. The average Bonchev–Trinajstić information content (AvgIpc) is 2.41. The maximum absolute atomic E-state index is 6.08. The van der Waals surface area contributed by atoms with E-state index < -0.39 is 0 Å². The van der Waals surface area contributed by atoms with Crippen LogP contribution in [-0.2, 0) is 4.74 Å². The molecule has 17 heavy (non-hydrogen) atoms. The van der Waals surface area contributed by atoms with E-state index in [0.29, 0.717) is 12.0 Å². The highest BCUT2D eigenvalue weighted by Gasteiger charge is 2.27. The Morgan fingerprint density at radius 2 is 2.06 bits per heavy atom. The molecule has 0 aliphatic carbocycles. The van der Waals surface area contributed by atoms with Gasteiger partial charge in [0.15, 0.2) is 0 Å². The highest BCUT2D eigenvalue weighted by Crippen LogP contribution is 2.17. The van der Waals surface area contributed by atoms with Gasteiger partial charge in [-0.05, 0) is 19.4 Å². The molecule has 1 unspecified atom stereocenters. The lowest BCUT2D eigenvalue weighted by atomic mass is 9.95. The molecule has 0 bridgehead atoms. The van der Waals surface area contributed by atoms with E-state index in [1.165, 1.54) is 0 Å². The van der Waals surface area contributed by atoms with Crippen molar-refractivity contribution in [3.63, 3.8) is 0 Å². The van der Waals surface area contributed by atoms with Crippen molar-refractivity contribution in [2.75, 3.05) is 38.7 Å². The van der Waals surface area contributed by atoms with Gasteiger partial charge in [-0.25, -0.2) is 0 Å². The predicted molar refractivity (Wildman–Crippen MR) is 73.9 cm³/mol. The molecular weight excluding hydrogens is 236 g/mol. The summed E-state index contributed by atoms with van der Waals surface area (Å²) in [6.07, 6.45) is 2.44. The number of likely N-dealkylation sites (N-methyl/N-ethyl adjacent to an activating group) is 1. The van der Waals surface area contributed by atoms with Crippen LogP contribution in [-0.4, -0.2) is 55.2 Å². The van der Waals surface area contributed by atoms with Crippen molar-refractivity contribution < 1.29 is 4.74 Å². The Morgan fingerprint density at radius 3 is 2.59 bits per heavy atom. The van der Waals surface area contributed by atoms with Gasteiger partial charge >= 0.3 is 0 Å². The van der Waals surface area contributed by atoms with Gasteiger partial charge in [-0.3, -0.25) is 4.90 Å². The molecule has 1 aliphatic rings. The summed E-state index contributed by atoms with van der Waals surface area (Å²) in [6.45, 7) is 11.6. The topological polar surface area (TPSA) is 24.5 Å². The second-order valence-corrected chi connectivity index (χ2v) is 5.16. The third kappa shape index (κ3) is 4.40. The molecule has 0 aromatic rings. The fourth-order valence-electron chi connectivity index (χ4n) is 2.26. The van der Waals surface area contributed by atoms with E-state index in [4.69, 9.17) is 16.3 Å². The minimum absolute atomic E-state index is 0.0827. The smallest absolute Gasteiger partial charge is 0.0826 e. The van der Waals surface area contributed by atoms with Crippen LogP contribution in [0.3, 0.4) is 0 Å². The standard InChI is InChI=1S/C13H27ClN2O/c1-4-13(5-2,11-14)15-9-12-10-16(6-3)7-8-17-12/h12,15H,4-11H2,1-3H3. The van der Waals surface area contributed by atoms with Gasteiger partial charge in [0.05, 0.1) is 12.7 Å². The molecule has 4 heteroatoms. The van der Waals surface area contributed by atoms with E-state index >= 15 is 0 Å². The number of morpholine rings is 1. The number of nitrogens with one attached hydrogen (secondary N) is 1. The molecule has 0 radical (unpaired) electrons. The second-order valence-electron chi connectivity index (χ2n) is 4.89. The van der Waals surface area contributed by atoms with Gasteiger partial charge in [-0.1, -0.05) is 20.8 Å². The molecule has 102 valence electrons. The van der Waals surface area contributed by atoms with Crippen LogP contribution in [0.2, 0.25) is 0 Å². The largest absolute Gasteiger partial charge is 0.374 e. The fraction of sp³-hybridized carbons (Fsp3) is 1.00. The zero-order chi connectivity index (χ0) is 12.7. The molecule has 1 rings (SSSR count). The summed E-state index contributed by atoms with van der Waals surface area (Å²) in [5.74, 6) is 0.671. The summed E-state index contributed by atoms with van der Waals surface area (Å²) >= 11 is 6.08. The summed E-state index contributed by atoms with van der Waals surface area (Å²) in [5.41, 5.74) is 0.0827. The van der Waals surface area contributed by atoms with Gasteiger partial charge in [-0.2, -0.15) is 0 Å². The van der Waals surface area contributed by atoms with Crippen LogP contribution in [0.4, 0.5) is 0 Å². The van der Waals surface area contributed by atoms with Crippen molar-refractivity contribution >= 4 is 11.6 Å². The fourth-order valence-corrected chi connectivity index (χ4v) is 2.73. The summed E-state index contributed by atoms with van der Waals surface area (Å²) < 4.78 is 5.79. The molecule has 1 saturated heterocycles. The number of halogens is 1. The Balaban J connectivity index is 2.38. The first-order chi connectivity index (χ1) is 8.19. The van der Waals surface area contributed by atoms with Crippen LogP contribution >= 0.6 is 11.6 Å². The zero-order valence-corrected chi connectivity index (χ0v) is 12.2. The van der Waals surface area contributed by atoms with Crippen LogP contribution in [0.5, 0.6) is 0 Å². The maximum atomic E-state index is 6.08. The number of hydrogen-bond acceptors (Lipinski definition) is 3. The SMILES string of the molecule is CCN1CCOC(CNC(CC)(CC)CCl)C1. The highest BCUT2D eigenvalue weighted by molar-refractivity contribution is 6.18. The lowest BCUT2D eigenvalue weighted by Crippen LogP contribution is -2.53. The highest BCUT2D eigenvalue weighted by atomic mass is 35.5. The molecule has 1 N–H and O–H groups in total. The molecule has 0 amide bonds. The average molecular weight is 263 g/mol. The Bertz CT molecular complexity index is 201. The summed E-state index contributed by atoms with van der Waals surface area (Å²) in [7, 11) is 0. The van der Waals surface area contributed by atoms with Crippen molar-refractivity contribution in [1.82, 2.24) is 10.2 Å². The number of nitrogens with zero attached hydrogens (tertiary/aromatic N) is 1. The third-order valence-corrected chi connectivity index (χ3v) is 4.50. The Kier molecular flexibility index (Phi) is 6.78. The molecule has 0 spiro atoms. The van der Waals surface area contributed by atoms with Gasteiger partial charge < -0.3 is 10.1 Å². The number of rotatable bonds is 7. The summed E-state index contributed by atoms with van der Waals surface area (Å²) in [6, 6.07) is 0. The van der Waals surface area contributed by atoms with Crippen molar-refractivity contribution in [3.05, 3.63) is 0 Å². The normalized spacial score (nSPS) is 22.9. The van der Waals surface area contributed by atoms with Crippen LogP contribution in [0, 0.1) is 0 Å². The second kappa shape index (κ2) is 7.57. The quantitative estimate of drug-likeness (QED) is 0.711.